The van der Waals surface area contributed by atoms with Crippen LogP contribution in [0.5, 0.6) is 0 Å². The Labute approximate surface area is 137 Å². The highest BCUT2D eigenvalue weighted by Crippen LogP contribution is 2.24. The maximum absolute atomic E-state index is 10.3. The second kappa shape index (κ2) is 8.00. The van der Waals surface area contributed by atoms with E-state index in [2.05, 4.69) is 47.4 Å². The molecule has 22 heavy (non-hydrogen) atoms. The quantitative estimate of drug-likeness (QED) is 0.838. The first-order chi connectivity index (χ1) is 10.8. The second-order valence-electron chi connectivity index (χ2n) is 6.19. The fraction of sp³-hybridized carbons (Fsp3) is 0.474. The first-order valence-corrected chi connectivity index (χ1v) is 9.32. The highest BCUT2D eigenvalue weighted by molar-refractivity contribution is 7.99. The number of aliphatic hydroxyl groups excluding tert-OH is 1. The average Bonchev–Trinajstić information content (AvgIpc) is 2.81. The second-order valence-corrected chi connectivity index (χ2v) is 7.28. The summed E-state index contributed by atoms with van der Waals surface area (Å²) in [5, 5.41) is 12.9. The summed E-state index contributed by atoms with van der Waals surface area (Å²) in [5.74, 6) is 0.773. The SMILES string of the molecule is OC(CSc1ccc2ccccc2c1)CN1CCCCCC1. The molecule has 2 nitrogen and oxygen atoms in total. The molecule has 2 aromatic carbocycles. The Hall–Kier alpha value is -1.03. The Morgan fingerprint density at radius 2 is 1.68 bits per heavy atom. The van der Waals surface area contributed by atoms with E-state index in [1.165, 1.54) is 41.4 Å². The molecule has 2 aromatic rings. The van der Waals surface area contributed by atoms with Gasteiger partial charge in [0, 0.05) is 17.2 Å². The van der Waals surface area contributed by atoms with Crippen molar-refractivity contribution in [1.82, 2.24) is 4.90 Å². The molecule has 1 aliphatic rings. The molecule has 3 heteroatoms. The number of nitrogens with zero attached hydrogens (tertiary/aromatic N) is 1. The van der Waals surface area contributed by atoms with Gasteiger partial charge in [-0.1, -0.05) is 43.2 Å². The normalized spacial score (nSPS) is 18.2. The van der Waals surface area contributed by atoms with Gasteiger partial charge in [-0.25, -0.2) is 0 Å². The Kier molecular flexibility index (Phi) is 5.76. The van der Waals surface area contributed by atoms with Crippen LogP contribution in [-0.2, 0) is 0 Å². The number of rotatable bonds is 5. The van der Waals surface area contributed by atoms with Crippen molar-refractivity contribution >= 4 is 22.5 Å². The molecule has 118 valence electrons. The number of aliphatic hydroxyl groups is 1. The number of hydrogen-bond donors (Lipinski definition) is 1. The van der Waals surface area contributed by atoms with Crippen molar-refractivity contribution in [3.8, 4) is 0 Å². The Morgan fingerprint density at radius 1 is 0.955 bits per heavy atom. The fourth-order valence-electron chi connectivity index (χ4n) is 3.12. The standard InChI is InChI=1S/C19H25NOS/c21-18(14-20-11-5-1-2-6-12-20)15-22-19-10-9-16-7-3-4-8-17(16)13-19/h3-4,7-10,13,18,21H,1-2,5-6,11-12,14-15H2. The minimum Gasteiger partial charge on any atom is -0.391 e. The van der Waals surface area contributed by atoms with Crippen molar-refractivity contribution in [2.24, 2.45) is 0 Å². The number of likely N-dealkylation sites (tertiary alicyclic amines) is 1. The first-order valence-electron chi connectivity index (χ1n) is 8.33. The molecule has 0 aliphatic carbocycles. The van der Waals surface area contributed by atoms with Gasteiger partial charge in [0.1, 0.15) is 0 Å². The van der Waals surface area contributed by atoms with Gasteiger partial charge in [0.15, 0.2) is 0 Å². The van der Waals surface area contributed by atoms with Crippen molar-refractivity contribution in [3.63, 3.8) is 0 Å². The van der Waals surface area contributed by atoms with Crippen LogP contribution in [0.15, 0.2) is 47.4 Å². The monoisotopic (exact) mass is 315 g/mol. The maximum atomic E-state index is 10.3. The summed E-state index contributed by atoms with van der Waals surface area (Å²) in [6, 6.07) is 15.0. The van der Waals surface area contributed by atoms with E-state index in [0.29, 0.717) is 0 Å². The minimum atomic E-state index is -0.241. The van der Waals surface area contributed by atoms with E-state index in [1.807, 2.05) is 0 Å². The van der Waals surface area contributed by atoms with Crippen LogP contribution in [0.1, 0.15) is 25.7 Å². The van der Waals surface area contributed by atoms with Gasteiger partial charge in [-0.2, -0.15) is 0 Å². The molecule has 1 N–H and O–H groups in total. The van der Waals surface area contributed by atoms with E-state index < -0.39 is 0 Å². The van der Waals surface area contributed by atoms with Crippen LogP contribution in [0.4, 0.5) is 0 Å². The lowest BCUT2D eigenvalue weighted by molar-refractivity contribution is 0.132. The number of hydrogen-bond acceptors (Lipinski definition) is 3. The summed E-state index contributed by atoms with van der Waals surface area (Å²) in [7, 11) is 0. The van der Waals surface area contributed by atoms with Crippen LogP contribution < -0.4 is 0 Å². The number of fused-ring (bicyclic) bond motifs is 1. The topological polar surface area (TPSA) is 23.5 Å². The fourth-order valence-corrected chi connectivity index (χ4v) is 3.98. The van der Waals surface area contributed by atoms with Crippen molar-refractivity contribution < 1.29 is 5.11 Å². The Morgan fingerprint density at radius 3 is 2.45 bits per heavy atom. The molecule has 0 bridgehead atoms. The molecule has 3 rings (SSSR count). The molecule has 0 aromatic heterocycles. The molecule has 1 unspecified atom stereocenters. The maximum Gasteiger partial charge on any atom is 0.0760 e. The van der Waals surface area contributed by atoms with Crippen molar-refractivity contribution in [2.75, 3.05) is 25.4 Å². The molecule has 1 heterocycles. The predicted octanol–water partition coefficient (Wildman–Crippen LogP) is 4.17. The summed E-state index contributed by atoms with van der Waals surface area (Å²) in [5.41, 5.74) is 0. The number of thioether (sulfide) groups is 1. The molecule has 0 saturated carbocycles. The van der Waals surface area contributed by atoms with E-state index in [0.717, 1.165) is 25.4 Å². The van der Waals surface area contributed by atoms with Crippen LogP contribution in [-0.4, -0.2) is 41.5 Å². The molecule has 1 aliphatic heterocycles. The third-order valence-corrected chi connectivity index (χ3v) is 5.47. The van der Waals surface area contributed by atoms with E-state index in [4.69, 9.17) is 0 Å². The highest BCUT2D eigenvalue weighted by Gasteiger charge is 2.14. The lowest BCUT2D eigenvalue weighted by Crippen LogP contribution is -2.34. The van der Waals surface area contributed by atoms with Gasteiger partial charge in [-0.3, -0.25) is 0 Å². The molecule has 0 spiro atoms. The van der Waals surface area contributed by atoms with Gasteiger partial charge in [0.2, 0.25) is 0 Å². The van der Waals surface area contributed by atoms with Gasteiger partial charge in [0.25, 0.3) is 0 Å². The smallest absolute Gasteiger partial charge is 0.0760 e. The molecule has 1 saturated heterocycles. The summed E-state index contributed by atoms with van der Waals surface area (Å²) >= 11 is 1.76. The predicted molar refractivity (Wildman–Crippen MR) is 95.6 cm³/mol. The van der Waals surface area contributed by atoms with Crippen LogP contribution in [0.2, 0.25) is 0 Å². The largest absolute Gasteiger partial charge is 0.391 e. The zero-order valence-electron chi connectivity index (χ0n) is 13.1. The summed E-state index contributed by atoms with van der Waals surface area (Å²) in [6.45, 7) is 3.12. The zero-order valence-corrected chi connectivity index (χ0v) is 13.9. The Bertz CT molecular complexity index is 593. The lowest BCUT2D eigenvalue weighted by atomic mass is 10.1. The highest BCUT2D eigenvalue weighted by atomic mass is 32.2. The van der Waals surface area contributed by atoms with Crippen molar-refractivity contribution in [2.45, 2.75) is 36.7 Å². The van der Waals surface area contributed by atoms with Crippen LogP contribution in [0.3, 0.4) is 0 Å². The summed E-state index contributed by atoms with van der Waals surface area (Å²) in [4.78, 5) is 3.67. The zero-order chi connectivity index (χ0) is 15.2. The lowest BCUT2D eigenvalue weighted by Gasteiger charge is -2.23. The molecule has 0 radical (unpaired) electrons. The number of benzene rings is 2. The average molecular weight is 315 g/mol. The van der Waals surface area contributed by atoms with Crippen molar-refractivity contribution in [1.29, 1.82) is 0 Å². The third kappa shape index (κ3) is 4.48. The molecule has 0 amide bonds. The molecular weight excluding hydrogens is 290 g/mol. The van der Waals surface area contributed by atoms with Crippen molar-refractivity contribution in [3.05, 3.63) is 42.5 Å². The van der Waals surface area contributed by atoms with E-state index >= 15 is 0 Å². The molecule has 1 fully saturated rings. The van der Waals surface area contributed by atoms with Crippen LogP contribution in [0, 0.1) is 0 Å². The Balaban J connectivity index is 1.51. The molecular formula is C19H25NOS. The first kappa shape index (κ1) is 15.9. The van der Waals surface area contributed by atoms with Gasteiger partial charge in [-0.15, -0.1) is 11.8 Å². The van der Waals surface area contributed by atoms with Crippen LogP contribution in [0.25, 0.3) is 10.8 Å². The van der Waals surface area contributed by atoms with Gasteiger partial charge in [-0.05, 0) is 48.8 Å². The van der Waals surface area contributed by atoms with Crippen LogP contribution >= 0.6 is 11.8 Å². The van der Waals surface area contributed by atoms with Gasteiger partial charge >= 0.3 is 0 Å². The van der Waals surface area contributed by atoms with E-state index in [-0.39, 0.29) is 6.10 Å². The number of β-amino-alcohol motifs (C(OH)–C–C–N with tert-alkyl or cyclic N) is 1. The molecule has 1 atom stereocenters. The summed E-state index contributed by atoms with van der Waals surface area (Å²) < 4.78 is 0. The minimum absolute atomic E-state index is 0.241. The van der Waals surface area contributed by atoms with E-state index in [1.54, 1.807) is 11.8 Å². The van der Waals surface area contributed by atoms with E-state index in [9.17, 15) is 5.11 Å². The van der Waals surface area contributed by atoms with Gasteiger partial charge in [0.05, 0.1) is 6.10 Å². The van der Waals surface area contributed by atoms with Gasteiger partial charge < -0.3 is 10.0 Å². The third-order valence-electron chi connectivity index (χ3n) is 4.33. The summed E-state index contributed by atoms with van der Waals surface area (Å²) in [6.07, 6.45) is 5.01.